The molecule has 2 aliphatic heterocycles. The Hall–Kier alpha value is -1.75. The molecule has 0 aromatic heterocycles. The highest BCUT2D eigenvalue weighted by Crippen LogP contribution is 2.43. The monoisotopic (exact) mass is 318 g/mol. The molecule has 0 saturated carbocycles. The van der Waals surface area contributed by atoms with Gasteiger partial charge in [-0.25, -0.2) is 4.79 Å². The van der Waals surface area contributed by atoms with Gasteiger partial charge in [-0.3, -0.25) is 0 Å². The Kier molecular flexibility index (Phi) is 4.23. The van der Waals surface area contributed by atoms with Gasteiger partial charge in [0.15, 0.2) is 0 Å². The molecule has 3 unspecified atom stereocenters. The number of benzene rings is 1. The van der Waals surface area contributed by atoms with E-state index >= 15 is 0 Å². The predicted octanol–water partition coefficient (Wildman–Crippen LogP) is 2.82. The number of carbonyl (C=O) groups is 1. The van der Waals surface area contributed by atoms with Crippen LogP contribution in [0.4, 0.5) is 4.79 Å². The molecule has 3 atom stereocenters. The highest BCUT2D eigenvalue weighted by atomic mass is 16.6. The average Bonchev–Trinajstić information content (AvgIpc) is 3.05. The summed E-state index contributed by atoms with van der Waals surface area (Å²) in [6.07, 6.45) is -0.222. The Morgan fingerprint density at radius 3 is 2.78 bits per heavy atom. The van der Waals surface area contributed by atoms with Crippen LogP contribution in [-0.2, 0) is 4.74 Å². The predicted molar refractivity (Wildman–Crippen MR) is 88.5 cm³/mol. The summed E-state index contributed by atoms with van der Waals surface area (Å²) >= 11 is 0. The van der Waals surface area contributed by atoms with Crippen molar-refractivity contribution < 1.29 is 14.3 Å². The molecular formula is C18H26N2O3. The smallest absolute Gasteiger partial charge is 0.410 e. The second-order valence-corrected chi connectivity index (χ2v) is 7.44. The van der Waals surface area contributed by atoms with E-state index in [1.54, 1.807) is 7.11 Å². The molecular weight excluding hydrogens is 292 g/mol. The molecule has 3 rings (SSSR count). The van der Waals surface area contributed by atoms with Gasteiger partial charge >= 0.3 is 6.09 Å². The first-order valence-corrected chi connectivity index (χ1v) is 8.23. The number of methoxy groups -OCH3 is 1. The fraction of sp³-hybridized carbons (Fsp3) is 0.611. The molecule has 0 aliphatic carbocycles. The lowest BCUT2D eigenvalue weighted by atomic mass is 9.89. The number of fused-ring (bicyclic) bond motifs is 1. The maximum Gasteiger partial charge on any atom is 0.410 e. The summed E-state index contributed by atoms with van der Waals surface area (Å²) in [5.41, 5.74) is 0.637. The number of nitrogens with one attached hydrogen (secondary N) is 1. The molecule has 0 radical (unpaired) electrons. The second-order valence-electron chi connectivity index (χ2n) is 7.44. The van der Waals surface area contributed by atoms with E-state index < -0.39 is 5.60 Å². The molecule has 23 heavy (non-hydrogen) atoms. The maximum absolute atomic E-state index is 12.7. The summed E-state index contributed by atoms with van der Waals surface area (Å²) < 4.78 is 11.0. The number of carbonyl (C=O) groups excluding carboxylic acids is 1. The van der Waals surface area contributed by atoms with Crippen molar-refractivity contribution in [1.29, 1.82) is 0 Å². The van der Waals surface area contributed by atoms with Gasteiger partial charge in [0.25, 0.3) is 0 Å². The fourth-order valence-electron chi connectivity index (χ4n) is 3.68. The van der Waals surface area contributed by atoms with Crippen LogP contribution in [0.5, 0.6) is 5.75 Å². The van der Waals surface area contributed by atoms with Crippen LogP contribution < -0.4 is 10.1 Å². The molecule has 1 aromatic rings. The van der Waals surface area contributed by atoms with Crippen LogP contribution in [0.25, 0.3) is 0 Å². The third-order valence-electron chi connectivity index (χ3n) is 4.63. The van der Waals surface area contributed by atoms with Gasteiger partial charge in [-0.2, -0.15) is 0 Å². The molecule has 0 spiro atoms. The molecule has 1 amide bonds. The van der Waals surface area contributed by atoms with Gasteiger partial charge < -0.3 is 19.7 Å². The van der Waals surface area contributed by atoms with Gasteiger partial charge in [0.2, 0.25) is 0 Å². The molecule has 2 saturated heterocycles. The third kappa shape index (κ3) is 3.29. The average molecular weight is 318 g/mol. The van der Waals surface area contributed by atoms with Gasteiger partial charge in [-0.1, -0.05) is 12.1 Å². The molecule has 1 aromatic carbocycles. The molecule has 5 heteroatoms. The Morgan fingerprint density at radius 1 is 1.30 bits per heavy atom. The number of likely N-dealkylation sites (tertiary alicyclic amines) is 1. The zero-order valence-electron chi connectivity index (χ0n) is 14.3. The minimum atomic E-state index is -0.480. The van der Waals surface area contributed by atoms with E-state index in [0.717, 1.165) is 30.9 Å². The number of hydrogen-bond donors (Lipinski definition) is 1. The molecule has 2 heterocycles. The van der Waals surface area contributed by atoms with Crippen molar-refractivity contribution in [3.8, 4) is 5.75 Å². The molecule has 0 bridgehead atoms. The number of amides is 1. The van der Waals surface area contributed by atoms with Crippen molar-refractivity contribution in [2.24, 2.45) is 11.8 Å². The summed E-state index contributed by atoms with van der Waals surface area (Å²) in [5.74, 6) is 1.73. The molecule has 2 fully saturated rings. The van der Waals surface area contributed by atoms with Crippen molar-refractivity contribution >= 4 is 6.09 Å². The van der Waals surface area contributed by atoms with Crippen molar-refractivity contribution in [2.75, 3.05) is 26.7 Å². The molecule has 2 aliphatic rings. The van der Waals surface area contributed by atoms with Crippen molar-refractivity contribution in [3.63, 3.8) is 0 Å². The molecule has 1 N–H and O–H groups in total. The lowest BCUT2D eigenvalue weighted by molar-refractivity contribution is 0.0201. The van der Waals surface area contributed by atoms with Gasteiger partial charge in [0.05, 0.1) is 13.2 Å². The van der Waals surface area contributed by atoms with Crippen molar-refractivity contribution in [2.45, 2.75) is 32.4 Å². The third-order valence-corrected chi connectivity index (χ3v) is 4.63. The van der Waals surface area contributed by atoms with E-state index in [9.17, 15) is 4.79 Å². The minimum Gasteiger partial charge on any atom is -0.497 e. The molecule has 5 nitrogen and oxygen atoms in total. The highest BCUT2D eigenvalue weighted by molar-refractivity contribution is 5.69. The fourth-order valence-corrected chi connectivity index (χ4v) is 3.68. The van der Waals surface area contributed by atoms with Crippen LogP contribution in [0.1, 0.15) is 32.4 Å². The quantitative estimate of drug-likeness (QED) is 0.911. The first-order chi connectivity index (χ1) is 10.9. The second kappa shape index (κ2) is 6.04. The number of hydrogen-bond acceptors (Lipinski definition) is 4. The van der Waals surface area contributed by atoms with Crippen LogP contribution >= 0.6 is 0 Å². The van der Waals surface area contributed by atoms with Crippen LogP contribution in [0.2, 0.25) is 0 Å². The van der Waals surface area contributed by atoms with Crippen LogP contribution in [0.3, 0.4) is 0 Å². The topological polar surface area (TPSA) is 50.8 Å². The maximum atomic E-state index is 12.7. The first kappa shape index (κ1) is 16.1. The minimum absolute atomic E-state index is 0.0416. The number of rotatable bonds is 2. The zero-order chi connectivity index (χ0) is 16.6. The van der Waals surface area contributed by atoms with E-state index in [1.165, 1.54) is 0 Å². The van der Waals surface area contributed by atoms with Crippen LogP contribution in [-0.4, -0.2) is 43.3 Å². The summed E-state index contributed by atoms with van der Waals surface area (Å²) in [7, 11) is 1.67. The van der Waals surface area contributed by atoms with Gasteiger partial charge in [0, 0.05) is 25.6 Å². The van der Waals surface area contributed by atoms with Gasteiger partial charge in [-0.15, -0.1) is 0 Å². The summed E-state index contributed by atoms with van der Waals surface area (Å²) in [4.78, 5) is 14.6. The number of ether oxygens (including phenoxy) is 2. The van der Waals surface area contributed by atoms with Crippen LogP contribution in [0, 0.1) is 11.8 Å². The molecule has 126 valence electrons. The SMILES string of the molecule is COc1cccc(C2C3CNCC3CN2C(=O)OC(C)(C)C)c1. The van der Waals surface area contributed by atoms with E-state index in [4.69, 9.17) is 9.47 Å². The standard InChI is InChI=1S/C18H26N2O3/c1-18(2,3)23-17(21)20-11-13-9-19-10-15(13)16(20)12-6-5-7-14(8-12)22-4/h5-8,13,15-16,19H,9-11H2,1-4H3. The van der Waals surface area contributed by atoms with Crippen LogP contribution in [0.15, 0.2) is 24.3 Å². The lowest BCUT2D eigenvalue weighted by Crippen LogP contribution is -2.38. The first-order valence-electron chi connectivity index (χ1n) is 8.23. The summed E-state index contributed by atoms with van der Waals surface area (Å²) in [6, 6.07) is 8.06. The van der Waals surface area contributed by atoms with Crippen molar-refractivity contribution in [3.05, 3.63) is 29.8 Å². The van der Waals surface area contributed by atoms with E-state index in [1.807, 2.05) is 43.9 Å². The Morgan fingerprint density at radius 2 is 2.09 bits per heavy atom. The summed E-state index contributed by atoms with van der Waals surface area (Å²) in [6.45, 7) is 8.36. The lowest BCUT2D eigenvalue weighted by Gasteiger charge is -2.31. The van der Waals surface area contributed by atoms with E-state index in [2.05, 4.69) is 11.4 Å². The van der Waals surface area contributed by atoms with Crippen molar-refractivity contribution in [1.82, 2.24) is 10.2 Å². The Labute approximate surface area is 137 Å². The Balaban J connectivity index is 1.90. The normalized spacial score (nSPS) is 27.0. The van der Waals surface area contributed by atoms with Gasteiger partial charge in [0.1, 0.15) is 11.4 Å². The van der Waals surface area contributed by atoms with Gasteiger partial charge in [-0.05, 0) is 44.4 Å². The van der Waals surface area contributed by atoms with E-state index in [-0.39, 0.29) is 12.1 Å². The largest absolute Gasteiger partial charge is 0.497 e. The number of nitrogens with zero attached hydrogens (tertiary/aromatic N) is 1. The van der Waals surface area contributed by atoms with E-state index in [0.29, 0.717) is 11.8 Å². The Bertz CT molecular complexity index is 582. The summed E-state index contributed by atoms with van der Waals surface area (Å²) in [5, 5.41) is 3.45. The highest BCUT2D eigenvalue weighted by Gasteiger charge is 2.47. The zero-order valence-corrected chi connectivity index (χ0v) is 14.3.